The lowest BCUT2D eigenvalue weighted by Crippen LogP contribution is -2.01. The normalized spacial score (nSPS) is 12.5. The molecule has 2 aromatic carbocycles. The number of benzene rings is 2. The van der Waals surface area contributed by atoms with Gasteiger partial charge in [0.05, 0.1) is 0 Å². The summed E-state index contributed by atoms with van der Waals surface area (Å²) in [4.78, 5) is 12.0. The molecule has 0 saturated heterocycles. The van der Waals surface area contributed by atoms with Crippen molar-refractivity contribution in [2.45, 2.75) is 26.2 Å². The van der Waals surface area contributed by atoms with Gasteiger partial charge in [-0.1, -0.05) is 73.2 Å². The highest BCUT2D eigenvalue weighted by Crippen LogP contribution is 2.20. The van der Waals surface area contributed by atoms with Crippen LogP contribution in [0.4, 0.5) is 0 Å². The lowest BCUT2D eigenvalue weighted by atomic mass is 9.95. The number of hydrogen-bond acceptors (Lipinski definition) is 1. The number of carbonyl (C=O) groups is 1. The third-order valence-corrected chi connectivity index (χ3v) is 3.42. The minimum absolute atomic E-state index is 0.168. The number of ketones is 1. The molecule has 0 aromatic heterocycles. The molecular weight excluding hydrogens is 244 g/mol. The van der Waals surface area contributed by atoms with Crippen LogP contribution in [-0.4, -0.2) is 5.78 Å². The van der Waals surface area contributed by atoms with E-state index >= 15 is 0 Å². The van der Waals surface area contributed by atoms with Crippen molar-refractivity contribution in [3.63, 3.8) is 0 Å². The summed E-state index contributed by atoms with van der Waals surface area (Å²) in [6.07, 6.45) is 4.11. The molecule has 0 fully saturated rings. The Bertz CT molecular complexity index is 579. The molecule has 2 rings (SSSR count). The molecule has 1 nitrogen and oxygen atoms in total. The Labute approximate surface area is 121 Å². The zero-order valence-corrected chi connectivity index (χ0v) is 12.0. The van der Waals surface area contributed by atoms with Gasteiger partial charge in [-0.15, -0.1) is 0 Å². The summed E-state index contributed by atoms with van der Waals surface area (Å²) >= 11 is 0. The second-order valence-electron chi connectivity index (χ2n) is 5.23. The number of hydrogen-bond donors (Lipinski definition) is 0. The van der Waals surface area contributed by atoms with Gasteiger partial charge in [-0.3, -0.25) is 4.79 Å². The van der Waals surface area contributed by atoms with E-state index in [0.717, 1.165) is 5.56 Å². The predicted octanol–water partition coefficient (Wildman–Crippen LogP) is 4.77. The second kappa shape index (κ2) is 6.85. The highest BCUT2D eigenvalue weighted by molar-refractivity contribution is 5.94. The van der Waals surface area contributed by atoms with E-state index in [1.807, 2.05) is 36.4 Å². The Balaban J connectivity index is 1.94. The molecule has 20 heavy (non-hydrogen) atoms. The fraction of sp³-hybridized carbons (Fsp3) is 0.211. The second-order valence-corrected chi connectivity index (χ2v) is 5.23. The Hall–Kier alpha value is -2.15. The van der Waals surface area contributed by atoms with Crippen molar-refractivity contribution in [1.29, 1.82) is 0 Å². The average molecular weight is 264 g/mol. The molecule has 0 bridgehead atoms. The molecule has 0 amide bonds. The van der Waals surface area contributed by atoms with Crippen molar-refractivity contribution in [3.05, 3.63) is 77.4 Å². The number of rotatable bonds is 5. The molecule has 1 unspecified atom stereocenters. The molecule has 0 aliphatic carbocycles. The van der Waals surface area contributed by atoms with Crippen LogP contribution < -0.4 is 0 Å². The molecule has 0 aliphatic heterocycles. The van der Waals surface area contributed by atoms with Gasteiger partial charge >= 0.3 is 0 Å². The van der Waals surface area contributed by atoms with Crippen molar-refractivity contribution in [2.24, 2.45) is 0 Å². The highest BCUT2D eigenvalue weighted by Gasteiger charge is 2.08. The maximum atomic E-state index is 12.0. The van der Waals surface area contributed by atoms with Crippen LogP contribution in [0.3, 0.4) is 0 Å². The predicted molar refractivity (Wildman–Crippen MR) is 84.7 cm³/mol. The fourth-order valence-electron chi connectivity index (χ4n) is 2.14. The first-order valence-electron chi connectivity index (χ1n) is 6.97. The van der Waals surface area contributed by atoms with E-state index in [-0.39, 0.29) is 11.7 Å². The van der Waals surface area contributed by atoms with Crippen molar-refractivity contribution < 1.29 is 4.79 Å². The van der Waals surface area contributed by atoms with Crippen molar-refractivity contribution in [3.8, 4) is 0 Å². The van der Waals surface area contributed by atoms with Crippen LogP contribution in [-0.2, 0) is 4.79 Å². The van der Waals surface area contributed by atoms with Crippen molar-refractivity contribution in [2.75, 3.05) is 0 Å². The molecule has 0 aliphatic rings. The standard InChI is InChI=1S/C19H20O/c1-15-8-11-18(12-9-15)16(2)14-19(20)13-10-17-6-4-3-5-7-17/h3-13,16H,14H2,1-2H3. The van der Waals surface area contributed by atoms with E-state index in [4.69, 9.17) is 0 Å². The van der Waals surface area contributed by atoms with Gasteiger partial charge in [0.25, 0.3) is 0 Å². The summed E-state index contributed by atoms with van der Waals surface area (Å²) in [6.45, 7) is 4.17. The van der Waals surface area contributed by atoms with Crippen molar-refractivity contribution >= 4 is 11.9 Å². The first-order chi connectivity index (χ1) is 9.65. The van der Waals surface area contributed by atoms with E-state index in [1.54, 1.807) is 6.08 Å². The average Bonchev–Trinajstić information content (AvgIpc) is 2.47. The quantitative estimate of drug-likeness (QED) is 0.711. The van der Waals surface area contributed by atoms with E-state index in [2.05, 4.69) is 38.1 Å². The van der Waals surface area contributed by atoms with Crippen LogP contribution in [0.5, 0.6) is 0 Å². The molecule has 1 heteroatoms. The monoisotopic (exact) mass is 264 g/mol. The van der Waals surface area contributed by atoms with Gasteiger partial charge in [0.1, 0.15) is 0 Å². The Kier molecular flexibility index (Phi) is 4.89. The highest BCUT2D eigenvalue weighted by atomic mass is 16.1. The van der Waals surface area contributed by atoms with Crippen LogP contribution in [0.1, 0.15) is 36.0 Å². The van der Waals surface area contributed by atoms with Crippen molar-refractivity contribution in [1.82, 2.24) is 0 Å². The van der Waals surface area contributed by atoms with E-state index in [1.165, 1.54) is 11.1 Å². The van der Waals surface area contributed by atoms with E-state index in [0.29, 0.717) is 6.42 Å². The van der Waals surface area contributed by atoms with Gasteiger partial charge in [-0.2, -0.15) is 0 Å². The third-order valence-electron chi connectivity index (χ3n) is 3.42. The van der Waals surface area contributed by atoms with Gasteiger partial charge in [0.2, 0.25) is 0 Å². The lowest BCUT2D eigenvalue weighted by Gasteiger charge is -2.09. The SMILES string of the molecule is Cc1ccc(C(C)CC(=O)C=Cc2ccccc2)cc1. The Morgan fingerprint density at radius 2 is 1.70 bits per heavy atom. The third kappa shape index (κ3) is 4.20. The lowest BCUT2D eigenvalue weighted by molar-refractivity contribution is -0.114. The summed E-state index contributed by atoms with van der Waals surface area (Å²) in [5.41, 5.74) is 3.53. The molecule has 0 N–H and O–H groups in total. The van der Waals surface area contributed by atoms with Gasteiger partial charge in [0, 0.05) is 6.42 Å². The molecule has 0 spiro atoms. The van der Waals surface area contributed by atoms with Gasteiger partial charge in [0.15, 0.2) is 5.78 Å². The fourth-order valence-corrected chi connectivity index (χ4v) is 2.14. The van der Waals surface area contributed by atoms with Crippen LogP contribution >= 0.6 is 0 Å². The van der Waals surface area contributed by atoms with E-state index < -0.39 is 0 Å². The Morgan fingerprint density at radius 3 is 2.35 bits per heavy atom. The minimum Gasteiger partial charge on any atom is -0.295 e. The summed E-state index contributed by atoms with van der Waals surface area (Å²) in [5.74, 6) is 0.422. The number of allylic oxidation sites excluding steroid dienone is 1. The Morgan fingerprint density at radius 1 is 1.05 bits per heavy atom. The number of aryl methyl sites for hydroxylation is 1. The summed E-state index contributed by atoms with van der Waals surface area (Å²) in [7, 11) is 0. The molecule has 1 atom stereocenters. The summed E-state index contributed by atoms with van der Waals surface area (Å²) in [6, 6.07) is 18.3. The maximum Gasteiger partial charge on any atom is 0.156 e. The summed E-state index contributed by atoms with van der Waals surface area (Å²) < 4.78 is 0. The molecule has 2 aromatic rings. The molecule has 102 valence electrons. The van der Waals surface area contributed by atoms with Crippen LogP contribution in [0.2, 0.25) is 0 Å². The molecule has 0 heterocycles. The smallest absolute Gasteiger partial charge is 0.156 e. The van der Waals surface area contributed by atoms with Gasteiger partial charge < -0.3 is 0 Å². The topological polar surface area (TPSA) is 17.1 Å². The number of carbonyl (C=O) groups excluding carboxylic acids is 1. The zero-order valence-electron chi connectivity index (χ0n) is 12.0. The van der Waals surface area contributed by atoms with E-state index in [9.17, 15) is 4.79 Å². The first kappa shape index (κ1) is 14.3. The molecular formula is C19H20O. The minimum atomic E-state index is 0.168. The molecule has 0 radical (unpaired) electrons. The zero-order chi connectivity index (χ0) is 14.4. The van der Waals surface area contributed by atoms with Gasteiger partial charge in [-0.25, -0.2) is 0 Å². The first-order valence-corrected chi connectivity index (χ1v) is 6.97. The van der Waals surface area contributed by atoms with Crippen LogP contribution in [0.15, 0.2) is 60.7 Å². The molecule has 0 saturated carbocycles. The van der Waals surface area contributed by atoms with Crippen LogP contribution in [0, 0.1) is 6.92 Å². The van der Waals surface area contributed by atoms with Gasteiger partial charge in [-0.05, 0) is 30.0 Å². The largest absolute Gasteiger partial charge is 0.295 e. The summed E-state index contributed by atoms with van der Waals surface area (Å²) in [5, 5.41) is 0. The maximum absolute atomic E-state index is 12.0. The van der Waals surface area contributed by atoms with Crippen LogP contribution in [0.25, 0.3) is 6.08 Å².